The molecule has 0 spiro atoms. The van der Waals surface area contributed by atoms with Crippen LogP contribution in [0.2, 0.25) is 0 Å². The highest BCUT2D eigenvalue weighted by molar-refractivity contribution is 6.15. The predicted octanol–water partition coefficient (Wildman–Crippen LogP) is 2.28. The molecule has 1 heterocycles. The summed E-state index contributed by atoms with van der Waals surface area (Å²) in [5.41, 5.74) is 1.64. The first-order valence-electron chi connectivity index (χ1n) is 6.41. The van der Waals surface area contributed by atoms with Gasteiger partial charge < -0.3 is 5.11 Å². The van der Waals surface area contributed by atoms with E-state index in [2.05, 4.69) is 5.10 Å². The number of hydrogen-bond acceptors (Lipinski definition) is 3. The van der Waals surface area contributed by atoms with Crippen molar-refractivity contribution in [1.29, 1.82) is 0 Å². The Hall–Kier alpha value is -2.17. The SMILES string of the molecule is O=C(O)c1cccc(N2N=C3CCCCC3C2=O)c1. The molecule has 1 aliphatic heterocycles. The molecule has 0 aromatic heterocycles. The van der Waals surface area contributed by atoms with Crippen LogP contribution in [0.5, 0.6) is 0 Å². The van der Waals surface area contributed by atoms with Crippen LogP contribution in [0.4, 0.5) is 5.69 Å². The van der Waals surface area contributed by atoms with E-state index >= 15 is 0 Å². The lowest BCUT2D eigenvalue weighted by Gasteiger charge is -2.17. The van der Waals surface area contributed by atoms with Gasteiger partial charge in [0.1, 0.15) is 0 Å². The highest BCUT2D eigenvalue weighted by atomic mass is 16.4. The van der Waals surface area contributed by atoms with E-state index in [0.29, 0.717) is 5.69 Å². The standard InChI is InChI=1S/C14H14N2O3/c17-13-11-6-1-2-7-12(11)15-16(13)10-5-3-4-9(8-10)14(18)19/h3-5,8,11H,1-2,6-7H2,(H,18,19). The lowest BCUT2D eigenvalue weighted by molar-refractivity contribution is -0.120. The molecule has 1 aromatic rings. The van der Waals surface area contributed by atoms with Gasteiger partial charge in [-0.05, 0) is 37.5 Å². The van der Waals surface area contributed by atoms with Crippen LogP contribution in [0.15, 0.2) is 29.4 Å². The van der Waals surface area contributed by atoms with Crippen molar-refractivity contribution in [3.63, 3.8) is 0 Å². The van der Waals surface area contributed by atoms with E-state index in [4.69, 9.17) is 5.11 Å². The van der Waals surface area contributed by atoms with Gasteiger partial charge in [0.2, 0.25) is 0 Å². The van der Waals surface area contributed by atoms with Gasteiger partial charge in [0, 0.05) is 0 Å². The van der Waals surface area contributed by atoms with Gasteiger partial charge in [-0.2, -0.15) is 5.10 Å². The zero-order chi connectivity index (χ0) is 13.4. The third-order valence-corrected chi connectivity index (χ3v) is 3.65. The van der Waals surface area contributed by atoms with Crippen LogP contribution in [-0.4, -0.2) is 22.7 Å². The normalized spacial score (nSPS) is 22.1. The molecule has 3 rings (SSSR count). The number of carbonyl (C=O) groups excluding carboxylic acids is 1. The van der Waals surface area contributed by atoms with Crippen LogP contribution < -0.4 is 5.01 Å². The van der Waals surface area contributed by atoms with Gasteiger partial charge in [0.25, 0.3) is 5.91 Å². The maximum atomic E-state index is 12.3. The number of carboxylic acid groups (broad SMARTS) is 1. The van der Waals surface area contributed by atoms with Crippen molar-refractivity contribution < 1.29 is 14.7 Å². The van der Waals surface area contributed by atoms with Crippen LogP contribution >= 0.6 is 0 Å². The smallest absolute Gasteiger partial charge is 0.335 e. The molecule has 1 fully saturated rings. The summed E-state index contributed by atoms with van der Waals surface area (Å²) in [7, 11) is 0. The molecule has 1 saturated carbocycles. The quantitative estimate of drug-likeness (QED) is 0.884. The molecule has 1 aromatic carbocycles. The summed E-state index contributed by atoms with van der Waals surface area (Å²) in [6.45, 7) is 0. The second-order valence-electron chi connectivity index (χ2n) is 4.90. The largest absolute Gasteiger partial charge is 0.478 e. The summed E-state index contributed by atoms with van der Waals surface area (Å²) >= 11 is 0. The van der Waals surface area contributed by atoms with E-state index in [1.165, 1.54) is 17.1 Å². The maximum absolute atomic E-state index is 12.3. The van der Waals surface area contributed by atoms with Gasteiger partial charge in [0.05, 0.1) is 22.9 Å². The molecule has 2 aliphatic rings. The predicted molar refractivity (Wildman–Crippen MR) is 70.3 cm³/mol. The minimum atomic E-state index is -1.00. The zero-order valence-corrected chi connectivity index (χ0v) is 10.4. The van der Waals surface area contributed by atoms with Crippen molar-refractivity contribution in [2.75, 3.05) is 5.01 Å². The number of carboxylic acids is 1. The van der Waals surface area contributed by atoms with Crippen LogP contribution in [0.3, 0.4) is 0 Å². The van der Waals surface area contributed by atoms with Crippen molar-refractivity contribution in [3.05, 3.63) is 29.8 Å². The third kappa shape index (κ3) is 2.01. The number of benzene rings is 1. The van der Waals surface area contributed by atoms with Gasteiger partial charge in [-0.15, -0.1) is 0 Å². The van der Waals surface area contributed by atoms with E-state index < -0.39 is 5.97 Å². The minimum Gasteiger partial charge on any atom is -0.478 e. The minimum absolute atomic E-state index is 0.0303. The second-order valence-corrected chi connectivity index (χ2v) is 4.90. The van der Waals surface area contributed by atoms with Crippen LogP contribution in [0.1, 0.15) is 36.0 Å². The Morgan fingerprint density at radius 1 is 1.37 bits per heavy atom. The Kier molecular flexibility index (Phi) is 2.81. The molecule has 1 aliphatic carbocycles. The summed E-state index contributed by atoms with van der Waals surface area (Å²) in [5, 5.41) is 14.7. The first-order chi connectivity index (χ1) is 9.16. The Morgan fingerprint density at radius 2 is 2.21 bits per heavy atom. The number of nitrogens with zero attached hydrogens (tertiary/aromatic N) is 2. The lowest BCUT2D eigenvalue weighted by Crippen LogP contribution is -2.28. The molecular weight excluding hydrogens is 244 g/mol. The number of hydrazone groups is 1. The molecule has 0 radical (unpaired) electrons. The van der Waals surface area contributed by atoms with Gasteiger partial charge in [0.15, 0.2) is 0 Å². The molecule has 5 heteroatoms. The summed E-state index contributed by atoms with van der Waals surface area (Å²) in [6.07, 6.45) is 3.85. The van der Waals surface area contributed by atoms with Crippen molar-refractivity contribution >= 4 is 23.3 Å². The molecule has 1 atom stereocenters. The number of carbonyl (C=O) groups is 2. The number of anilines is 1. The van der Waals surface area contributed by atoms with Crippen LogP contribution in [0.25, 0.3) is 0 Å². The molecule has 1 unspecified atom stereocenters. The number of amides is 1. The van der Waals surface area contributed by atoms with E-state index in [-0.39, 0.29) is 17.4 Å². The number of hydrogen-bond donors (Lipinski definition) is 1. The Bertz CT molecular complexity index is 580. The van der Waals surface area contributed by atoms with E-state index in [9.17, 15) is 9.59 Å². The number of aromatic carboxylic acids is 1. The third-order valence-electron chi connectivity index (χ3n) is 3.65. The van der Waals surface area contributed by atoms with Gasteiger partial charge >= 0.3 is 5.97 Å². The monoisotopic (exact) mass is 258 g/mol. The molecule has 19 heavy (non-hydrogen) atoms. The van der Waals surface area contributed by atoms with Crippen molar-refractivity contribution in [3.8, 4) is 0 Å². The summed E-state index contributed by atoms with van der Waals surface area (Å²) in [5.74, 6) is -1.13. The molecule has 98 valence electrons. The topological polar surface area (TPSA) is 70.0 Å². The molecular formula is C14H14N2O3. The molecule has 0 bridgehead atoms. The highest BCUT2D eigenvalue weighted by Gasteiger charge is 2.37. The Morgan fingerprint density at radius 3 is 2.95 bits per heavy atom. The fourth-order valence-electron chi connectivity index (χ4n) is 2.66. The average molecular weight is 258 g/mol. The van der Waals surface area contributed by atoms with E-state index in [1.54, 1.807) is 12.1 Å². The zero-order valence-electron chi connectivity index (χ0n) is 10.4. The Labute approximate surface area is 110 Å². The second kappa shape index (κ2) is 4.50. The van der Waals surface area contributed by atoms with Crippen LogP contribution in [-0.2, 0) is 4.79 Å². The molecule has 1 N–H and O–H groups in total. The summed E-state index contributed by atoms with van der Waals surface area (Å²) < 4.78 is 0. The molecule has 0 saturated heterocycles. The van der Waals surface area contributed by atoms with Crippen molar-refractivity contribution in [1.82, 2.24) is 0 Å². The lowest BCUT2D eigenvalue weighted by atomic mass is 9.87. The van der Waals surface area contributed by atoms with Gasteiger partial charge in [-0.1, -0.05) is 12.5 Å². The van der Waals surface area contributed by atoms with Crippen molar-refractivity contribution in [2.45, 2.75) is 25.7 Å². The van der Waals surface area contributed by atoms with E-state index in [0.717, 1.165) is 31.4 Å². The van der Waals surface area contributed by atoms with Gasteiger partial charge in [-0.25, -0.2) is 9.80 Å². The molecule has 5 nitrogen and oxygen atoms in total. The Balaban J connectivity index is 1.94. The van der Waals surface area contributed by atoms with Gasteiger partial charge in [-0.3, -0.25) is 4.79 Å². The van der Waals surface area contributed by atoms with Crippen LogP contribution in [0, 0.1) is 5.92 Å². The highest BCUT2D eigenvalue weighted by Crippen LogP contribution is 2.32. The number of fused-ring (bicyclic) bond motifs is 1. The average Bonchev–Trinajstić information content (AvgIpc) is 2.77. The fraction of sp³-hybridized carbons (Fsp3) is 0.357. The molecule has 1 amide bonds. The van der Waals surface area contributed by atoms with Crippen molar-refractivity contribution in [2.24, 2.45) is 11.0 Å². The summed E-state index contributed by atoms with van der Waals surface area (Å²) in [6, 6.07) is 6.34. The fourth-order valence-corrected chi connectivity index (χ4v) is 2.66. The maximum Gasteiger partial charge on any atom is 0.335 e. The van der Waals surface area contributed by atoms with E-state index in [1.807, 2.05) is 0 Å². The summed E-state index contributed by atoms with van der Waals surface area (Å²) in [4.78, 5) is 23.2. The number of rotatable bonds is 2. The first kappa shape index (κ1) is 11.9. The first-order valence-corrected chi connectivity index (χ1v) is 6.41.